The minimum Gasteiger partial charge on any atom is -0.321 e. The molecule has 0 saturated carbocycles. The third-order valence-corrected chi connectivity index (χ3v) is 8.61. The van der Waals surface area contributed by atoms with Gasteiger partial charge < -0.3 is 5.32 Å². The third-order valence-electron chi connectivity index (χ3n) is 6.06. The molecule has 1 saturated heterocycles. The molecule has 0 spiro atoms. The average molecular weight is 493 g/mol. The van der Waals surface area contributed by atoms with Crippen LogP contribution in [0.15, 0.2) is 65.6 Å². The summed E-state index contributed by atoms with van der Waals surface area (Å²) in [6, 6.07) is 18.8. The molecule has 1 atom stereocenters. The van der Waals surface area contributed by atoms with Gasteiger partial charge in [-0.15, -0.1) is 11.8 Å². The van der Waals surface area contributed by atoms with E-state index in [0.29, 0.717) is 34.4 Å². The highest BCUT2D eigenvalue weighted by Crippen LogP contribution is 2.33. The lowest BCUT2D eigenvalue weighted by Gasteiger charge is -2.13. The van der Waals surface area contributed by atoms with Crippen molar-refractivity contribution in [1.29, 1.82) is 0 Å². The van der Waals surface area contributed by atoms with Gasteiger partial charge in [0.05, 0.1) is 45.6 Å². The van der Waals surface area contributed by atoms with Crippen LogP contribution >= 0.6 is 11.8 Å². The first-order chi connectivity index (χ1) is 16.4. The maximum absolute atomic E-state index is 13.6. The van der Waals surface area contributed by atoms with E-state index >= 15 is 0 Å². The molecule has 0 radical (unpaired) electrons. The van der Waals surface area contributed by atoms with E-state index in [4.69, 9.17) is 4.98 Å². The second kappa shape index (κ2) is 8.88. The lowest BCUT2D eigenvalue weighted by molar-refractivity contribution is 0.102. The number of pyridine rings is 1. The molecule has 9 heteroatoms. The first-order valence-electron chi connectivity index (χ1n) is 11.0. The number of hydrogen-bond donors (Lipinski definition) is 1. The summed E-state index contributed by atoms with van der Waals surface area (Å²) in [6.07, 6.45) is 2.45. The van der Waals surface area contributed by atoms with Crippen LogP contribution in [-0.4, -0.2) is 46.9 Å². The van der Waals surface area contributed by atoms with Gasteiger partial charge in [0.1, 0.15) is 0 Å². The number of benzene rings is 2. The predicted molar refractivity (Wildman–Crippen MR) is 136 cm³/mol. The zero-order chi connectivity index (χ0) is 23.9. The number of carbonyl (C=O) groups is 1. The van der Waals surface area contributed by atoms with Crippen LogP contribution in [-0.2, 0) is 9.84 Å². The fourth-order valence-electron chi connectivity index (χ4n) is 4.41. The molecule has 3 heterocycles. The van der Waals surface area contributed by atoms with Crippen molar-refractivity contribution < 1.29 is 13.2 Å². The number of hydrogen-bond acceptors (Lipinski definition) is 6. The Morgan fingerprint density at radius 2 is 1.85 bits per heavy atom. The Morgan fingerprint density at radius 3 is 2.56 bits per heavy atom. The first kappa shape index (κ1) is 22.6. The fourth-order valence-corrected chi connectivity index (χ4v) is 6.65. The van der Waals surface area contributed by atoms with Gasteiger partial charge in [0.15, 0.2) is 15.5 Å². The van der Waals surface area contributed by atoms with E-state index in [9.17, 15) is 13.2 Å². The number of fused-ring (bicyclic) bond motifs is 1. The van der Waals surface area contributed by atoms with E-state index in [1.54, 1.807) is 22.5 Å². The first-order valence-corrected chi connectivity index (χ1v) is 14.0. The normalized spacial score (nSPS) is 17.2. The number of nitrogens with one attached hydrogen (secondary N) is 1. The van der Waals surface area contributed by atoms with Gasteiger partial charge in [-0.3, -0.25) is 4.79 Å². The van der Waals surface area contributed by atoms with E-state index in [1.807, 2.05) is 67.8 Å². The topological polar surface area (TPSA) is 93.9 Å². The van der Waals surface area contributed by atoms with Crippen LogP contribution in [0, 0.1) is 6.92 Å². The number of amides is 1. The summed E-state index contributed by atoms with van der Waals surface area (Å²) in [5, 5.41) is 8.35. The van der Waals surface area contributed by atoms with Crippen LogP contribution < -0.4 is 5.32 Å². The molecule has 1 fully saturated rings. The zero-order valence-electron chi connectivity index (χ0n) is 18.9. The van der Waals surface area contributed by atoms with E-state index in [2.05, 4.69) is 10.4 Å². The number of aryl methyl sites for hydroxylation is 1. The molecule has 2 aromatic heterocycles. The van der Waals surface area contributed by atoms with Crippen molar-refractivity contribution in [2.75, 3.05) is 23.1 Å². The highest BCUT2D eigenvalue weighted by atomic mass is 32.2. The molecule has 2 aromatic carbocycles. The quantitative estimate of drug-likeness (QED) is 0.405. The van der Waals surface area contributed by atoms with Gasteiger partial charge in [0.2, 0.25) is 0 Å². The summed E-state index contributed by atoms with van der Waals surface area (Å²) in [5.41, 5.74) is 3.88. The van der Waals surface area contributed by atoms with Crippen molar-refractivity contribution in [2.24, 2.45) is 0 Å². The summed E-state index contributed by atoms with van der Waals surface area (Å²) < 4.78 is 26.0. The van der Waals surface area contributed by atoms with Gasteiger partial charge in [-0.1, -0.05) is 42.5 Å². The Bertz CT molecular complexity index is 1500. The zero-order valence-corrected chi connectivity index (χ0v) is 20.5. The number of sulfone groups is 1. The highest BCUT2D eigenvalue weighted by Gasteiger charge is 2.32. The van der Waals surface area contributed by atoms with Crippen molar-refractivity contribution in [2.45, 2.75) is 24.3 Å². The van der Waals surface area contributed by atoms with E-state index in [0.717, 1.165) is 16.1 Å². The molecule has 1 amide bonds. The molecular formula is C25H24N4O3S2. The fraction of sp³-hybridized carbons (Fsp3) is 0.240. The standard InChI is InChI=1S/C25H24N4O3S2/c1-16-23-19(25(30)27-20-10-6-7-11-22(20)33-2)14-21(17-8-4-3-5-9-17)26-24(23)29(28-16)18-12-13-34(31,32)15-18/h3-11,14,18H,12-13,15H2,1-2H3,(H,27,30). The van der Waals surface area contributed by atoms with Gasteiger partial charge in [-0.2, -0.15) is 5.10 Å². The number of rotatable bonds is 5. The van der Waals surface area contributed by atoms with Crippen molar-refractivity contribution in [3.63, 3.8) is 0 Å². The molecule has 4 aromatic rings. The number of thioether (sulfide) groups is 1. The smallest absolute Gasteiger partial charge is 0.256 e. The molecule has 34 heavy (non-hydrogen) atoms. The molecule has 0 bridgehead atoms. The van der Waals surface area contributed by atoms with Crippen LogP contribution in [0.1, 0.15) is 28.5 Å². The van der Waals surface area contributed by atoms with E-state index in [1.165, 1.54) is 0 Å². The number of aromatic nitrogens is 3. The number of nitrogens with zero attached hydrogens (tertiary/aromatic N) is 3. The lowest BCUT2D eigenvalue weighted by Crippen LogP contribution is -2.15. The number of carbonyl (C=O) groups excluding carboxylic acids is 1. The Balaban J connectivity index is 1.68. The molecule has 174 valence electrons. The van der Waals surface area contributed by atoms with Gasteiger partial charge in [-0.25, -0.2) is 18.1 Å². The van der Waals surface area contributed by atoms with Gasteiger partial charge in [0.25, 0.3) is 5.91 Å². The SMILES string of the molecule is CSc1ccccc1NC(=O)c1cc(-c2ccccc2)nc2c1c(C)nn2C1CCS(=O)(=O)C1. The summed E-state index contributed by atoms with van der Waals surface area (Å²) in [6.45, 7) is 1.83. The predicted octanol–water partition coefficient (Wildman–Crippen LogP) is 4.74. The summed E-state index contributed by atoms with van der Waals surface area (Å²) in [4.78, 5) is 19.4. The van der Waals surface area contributed by atoms with E-state index < -0.39 is 9.84 Å². The van der Waals surface area contributed by atoms with Crippen LogP contribution in [0.3, 0.4) is 0 Å². The molecular weight excluding hydrogens is 468 g/mol. The van der Waals surface area contributed by atoms with Crippen LogP contribution in [0.25, 0.3) is 22.3 Å². The van der Waals surface area contributed by atoms with Crippen LogP contribution in [0.2, 0.25) is 0 Å². The number of anilines is 1. The average Bonchev–Trinajstić information content (AvgIpc) is 3.38. The van der Waals surface area contributed by atoms with Crippen molar-refractivity contribution in [3.8, 4) is 11.3 Å². The van der Waals surface area contributed by atoms with Crippen molar-refractivity contribution >= 4 is 44.2 Å². The summed E-state index contributed by atoms with van der Waals surface area (Å²) in [7, 11) is -3.11. The monoisotopic (exact) mass is 492 g/mol. The summed E-state index contributed by atoms with van der Waals surface area (Å²) in [5.74, 6) is -0.0917. The van der Waals surface area contributed by atoms with Gasteiger partial charge in [0, 0.05) is 10.5 Å². The second-order valence-electron chi connectivity index (χ2n) is 8.36. The largest absolute Gasteiger partial charge is 0.321 e. The van der Waals surface area contributed by atoms with Crippen LogP contribution in [0.4, 0.5) is 5.69 Å². The summed E-state index contributed by atoms with van der Waals surface area (Å²) >= 11 is 1.56. The molecule has 1 unspecified atom stereocenters. The molecule has 1 N–H and O–H groups in total. The Labute approximate surface area is 202 Å². The lowest BCUT2D eigenvalue weighted by atomic mass is 10.0. The van der Waals surface area contributed by atoms with Crippen molar-refractivity contribution in [1.82, 2.24) is 14.8 Å². The van der Waals surface area contributed by atoms with Crippen LogP contribution in [0.5, 0.6) is 0 Å². The highest BCUT2D eigenvalue weighted by molar-refractivity contribution is 7.98. The second-order valence-corrected chi connectivity index (χ2v) is 11.4. The van der Waals surface area contributed by atoms with Gasteiger partial charge in [-0.05, 0) is 37.8 Å². The Morgan fingerprint density at radius 1 is 1.12 bits per heavy atom. The Hall–Kier alpha value is -3.17. The van der Waals surface area contributed by atoms with E-state index in [-0.39, 0.29) is 23.5 Å². The molecule has 1 aliphatic heterocycles. The maximum atomic E-state index is 13.6. The van der Waals surface area contributed by atoms with Crippen molar-refractivity contribution in [3.05, 3.63) is 71.9 Å². The third kappa shape index (κ3) is 4.21. The molecule has 0 aliphatic carbocycles. The maximum Gasteiger partial charge on any atom is 0.256 e. The minimum absolute atomic E-state index is 0.0308. The van der Waals surface area contributed by atoms with Gasteiger partial charge >= 0.3 is 0 Å². The molecule has 7 nitrogen and oxygen atoms in total. The molecule has 1 aliphatic rings. The minimum atomic E-state index is -3.11. The molecule has 5 rings (SSSR count). The Kier molecular flexibility index (Phi) is 5.91. The number of para-hydroxylation sites is 1.